The third-order valence-electron chi connectivity index (χ3n) is 3.15. The Morgan fingerprint density at radius 2 is 2.24 bits per heavy atom. The predicted molar refractivity (Wildman–Crippen MR) is 70.9 cm³/mol. The number of nitrogens with zero attached hydrogens (tertiary/aromatic N) is 2. The van der Waals surface area contributed by atoms with Gasteiger partial charge in [-0.05, 0) is 25.6 Å². The van der Waals surface area contributed by atoms with Crippen molar-refractivity contribution in [2.24, 2.45) is 0 Å². The van der Waals surface area contributed by atoms with E-state index in [9.17, 15) is 0 Å². The van der Waals surface area contributed by atoms with E-state index in [2.05, 4.69) is 15.2 Å². The van der Waals surface area contributed by atoms with Crippen molar-refractivity contribution in [2.75, 3.05) is 25.0 Å². The maximum absolute atomic E-state index is 5.73. The molecule has 1 atom stereocenters. The number of fused-ring (bicyclic) bond motifs is 1. The number of para-hydroxylation sites is 2. The molecule has 4 nitrogen and oxygen atoms in total. The summed E-state index contributed by atoms with van der Waals surface area (Å²) in [7, 11) is 2.00. The number of nitrogens with one attached hydrogen (secondary N) is 1. The first-order valence-electron chi connectivity index (χ1n) is 5.64. The highest BCUT2D eigenvalue weighted by Gasteiger charge is 2.24. The highest BCUT2D eigenvalue weighted by atomic mass is 35.5. The SMILES string of the molecule is CNC1CCN(c2nc3ccccc3o2)C1.Cl. The molecule has 1 saturated heterocycles. The lowest BCUT2D eigenvalue weighted by atomic mass is 10.3. The van der Waals surface area contributed by atoms with E-state index >= 15 is 0 Å². The van der Waals surface area contributed by atoms with Crippen LogP contribution >= 0.6 is 12.4 Å². The Balaban J connectivity index is 0.00000108. The highest BCUT2D eigenvalue weighted by molar-refractivity contribution is 5.85. The number of rotatable bonds is 2. The molecule has 1 aromatic carbocycles. The second kappa shape index (κ2) is 4.94. The predicted octanol–water partition coefficient (Wildman–Crippen LogP) is 2.05. The van der Waals surface area contributed by atoms with Gasteiger partial charge in [0.1, 0.15) is 5.52 Å². The summed E-state index contributed by atoms with van der Waals surface area (Å²) < 4.78 is 5.73. The van der Waals surface area contributed by atoms with Crippen LogP contribution in [0.3, 0.4) is 0 Å². The third-order valence-corrected chi connectivity index (χ3v) is 3.15. The number of anilines is 1. The third kappa shape index (κ3) is 2.23. The molecule has 3 rings (SSSR count). The standard InChI is InChI=1S/C12H15N3O.ClH/c1-13-9-6-7-15(8-9)12-14-10-4-2-3-5-11(10)16-12;/h2-5,9,13H,6-8H2,1H3;1H. The number of likely N-dealkylation sites (N-methyl/N-ethyl adjacent to an activating group) is 1. The zero-order valence-electron chi connectivity index (χ0n) is 9.72. The van der Waals surface area contributed by atoms with Crippen molar-refractivity contribution in [1.29, 1.82) is 0 Å². The minimum Gasteiger partial charge on any atom is -0.423 e. The minimum absolute atomic E-state index is 0. The lowest BCUT2D eigenvalue weighted by Crippen LogP contribution is -2.29. The Kier molecular flexibility index (Phi) is 3.54. The first-order chi connectivity index (χ1) is 7.86. The Hall–Kier alpha value is -1.26. The molecule has 17 heavy (non-hydrogen) atoms. The van der Waals surface area contributed by atoms with Crippen molar-refractivity contribution in [3.05, 3.63) is 24.3 Å². The zero-order valence-corrected chi connectivity index (χ0v) is 10.5. The molecule has 0 bridgehead atoms. The summed E-state index contributed by atoms with van der Waals surface area (Å²) in [5, 5.41) is 3.29. The van der Waals surface area contributed by atoms with Gasteiger partial charge in [0, 0.05) is 19.1 Å². The van der Waals surface area contributed by atoms with Crippen molar-refractivity contribution in [2.45, 2.75) is 12.5 Å². The van der Waals surface area contributed by atoms with Crippen LogP contribution in [0.4, 0.5) is 6.01 Å². The number of hydrogen-bond donors (Lipinski definition) is 1. The quantitative estimate of drug-likeness (QED) is 0.890. The summed E-state index contributed by atoms with van der Waals surface area (Å²) >= 11 is 0. The van der Waals surface area contributed by atoms with E-state index in [-0.39, 0.29) is 12.4 Å². The number of oxazole rings is 1. The molecule has 0 spiro atoms. The van der Waals surface area contributed by atoms with Gasteiger partial charge < -0.3 is 14.6 Å². The van der Waals surface area contributed by atoms with Gasteiger partial charge in [-0.15, -0.1) is 12.4 Å². The van der Waals surface area contributed by atoms with Crippen LogP contribution in [0.2, 0.25) is 0 Å². The van der Waals surface area contributed by atoms with Crippen LogP contribution in [0.1, 0.15) is 6.42 Å². The molecule has 0 radical (unpaired) electrons. The lowest BCUT2D eigenvalue weighted by Gasteiger charge is -2.12. The van der Waals surface area contributed by atoms with E-state index in [1.54, 1.807) is 0 Å². The summed E-state index contributed by atoms with van der Waals surface area (Å²) in [6.07, 6.45) is 1.15. The maximum atomic E-state index is 5.73. The molecular weight excluding hydrogens is 238 g/mol. The van der Waals surface area contributed by atoms with Crippen molar-refractivity contribution in [1.82, 2.24) is 10.3 Å². The molecule has 2 aromatic rings. The first-order valence-corrected chi connectivity index (χ1v) is 5.64. The Labute approximate surface area is 106 Å². The van der Waals surface area contributed by atoms with Gasteiger partial charge >= 0.3 is 0 Å². The first kappa shape index (κ1) is 12.2. The van der Waals surface area contributed by atoms with Crippen molar-refractivity contribution in [3.63, 3.8) is 0 Å². The van der Waals surface area contributed by atoms with E-state index in [0.717, 1.165) is 36.6 Å². The van der Waals surface area contributed by atoms with Crippen LogP contribution in [0.25, 0.3) is 11.1 Å². The normalized spacial score (nSPS) is 19.6. The fourth-order valence-electron chi connectivity index (χ4n) is 2.16. The van der Waals surface area contributed by atoms with Gasteiger partial charge in [0.15, 0.2) is 5.58 Å². The molecule has 2 heterocycles. The molecule has 1 fully saturated rings. The summed E-state index contributed by atoms with van der Waals surface area (Å²) in [5.41, 5.74) is 1.80. The smallest absolute Gasteiger partial charge is 0.298 e. The van der Waals surface area contributed by atoms with Gasteiger partial charge in [0.25, 0.3) is 6.01 Å². The summed E-state index contributed by atoms with van der Waals surface area (Å²) in [6.45, 7) is 1.99. The minimum atomic E-state index is 0. The van der Waals surface area contributed by atoms with Crippen LogP contribution in [0.5, 0.6) is 0 Å². The zero-order chi connectivity index (χ0) is 11.0. The highest BCUT2D eigenvalue weighted by Crippen LogP contribution is 2.24. The Morgan fingerprint density at radius 3 is 2.94 bits per heavy atom. The molecule has 0 amide bonds. The number of aromatic nitrogens is 1. The summed E-state index contributed by atoms with van der Waals surface area (Å²) in [4.78, 5) is 6.69. The molecule has 92 valence electrons. The number of halogens is 1. The largest absolute Gasteiger partial charge is 0.423 e. The van der Waals surface area contributed by atoms with Crippen LogP contribution in [-0.4, -0.2) is 31.2 Å². The number of hydrogen-bond acceptors (Lipinski definition) is 4. The molecular formula is C12H16ClN3O. The van der Waals surface area contributed by atoms with Crippen LogP contribution in [-0.2, 0) is 0 Å². The maximum Gasteiger partial charge on any atom is 0.298 e. The van der Waals surface area contributed by atoms with Gasteiger partial charge in [-0.25, -0.2) is 0 Å². The van der Waals surface area contributed by atoms with Crippen molar-refractivity contribution >= 4 is 29.5 Å². The average Bonchev–Trinajstić information content (AvgIpc) is 2.95. The van der Waals surface area contributed by atoms with E-state index < -0.39 is 0 Å². The Morgan fingerprint density at radius 1 is 1.41 bits per heavy atom. The monoisotopic (exact) mass is 253 g/mol. The van der Waals surface area contributed by atoms with E-state index in [1.807, 2.05) is 31.3 Å². The van der Waals surface area contributed by atoms with Gasteiger partial charge in [0.05, 0.1) is 0 Å². The van der Waals surface area contributed by atoms with Crippen LogP contribution < -0.4 is 10.2 Å². The second-order valence-corrected chi connectivity index (χ2v) is 4.18. The van der Waals surface area contributed by atoms with E-state index in [4.69, 9.17) is 4.42 Å². The molecule has 5 heteroatoms. The second-order valence-electron chi connectivity index (χ2n) is 4.18. The molecule has 1 N–H and O–H groups in total. The topological polar surface area (TPSA) is 41.3 Å². The average molecular weight is 254 g/mol. The van der Waals surface area contributed by atoms with Crippen molar-refractivity contribution in [3.8, 4) is 0 Å². The van der Waals surface area contributed by atoms with Gasteiger partial charge in [-0.3, -0.25) is 0 Å². The molecule has 1 aliphatic rings. The molecule has 0 saturated carbocycles. The molecule has 1 aliphatic heterocycles. The lowest BCUT2D eigenvalue weighted by molar-refractivity contribution is 0.575. The van der Waals surface area contributed by atoms with Gasteiger partial charge in [0.2, 0.25) is 0 Å². The van der Waals surface area contributed by atoms with Crippen molar-refractivity contribution < 1.29 is 4.42 Å². The fraction of sp³-hybridized carbons (Fsp3) is 0.417. The molecule has 1 unspecified atom stereocenters. The fourth-order valence-corrected chi connectivity index (χ4v) is 2.16. The van der Waals surface area contributed by atoms with E-state index in [0.29, 0.717) is 6.04 Å². The Bertz CT molecular complexity index is 466. The summed E-state index contributed by atoms with van der Waals surface area (Å²) in [6, 6.07) is 9.19. The van der Waals surface area contributed by atoms with Crippen LogP contribution in [0.15, 0.2) is 28.7 Å². The van der Waals surface area contributed by atoms with Crippen LogP contribution in [0, 0.1) is 0 Å². The summed E-state index contributed by atoms with van der Waals surface area (Å²) in [5.74, 6) is 0. The van der Waals surface area contributed by atoms with Gasteiger partial charge in [-0.1, -0.05) is 12.1 Å². The van der Waals surface area contributed by atoms with Gasteiger partial charge in [-0.2, -0.15) is 4.98 Å². The number of benzene rings is 1. The van der Waals surface area contributed by atoms with E-state index in [1.165, 1.54) is 0 Å². The molecule has 1 aromatic heterocycles. The molecule has 0 aliphatic carbocycles.